The Labute approximate surface area is 247 Å². The molecule has 0 unspecified atom stereocenters. The van der Waals surface area contributed by atoms with Gasteiger partial charge in [-0.2, -0.15) is 0 Å². The van der Waals surface area contributed by atoms with Crippen LogP contribution in [0.3, 0.4) is 0 Å². The van der Waals surface area contributed by atoms with Crippen LogP contribution in [0.25, 0.3) is 0 Å². The first-order chi connectivity index (χ1) is 19.2. The van der Waals surface area contributed by atoms with Gasteiger partial charge in [0, 0.05) is 43.8 Å². The van der Waals surface area contributed by atoms with Crippen LogP contribution < -0.4 is 16.0 Å². The van der Waals surface area contributed by atoms with Crippen LogP contribution >= 0.6 is 23.2 Å². The van der Waals surface area contributed by atoms with Crippen LogP contribution in [0.1, 0.15) is 44.2 Å². The topological polar surface area (TPSA) is 114 Å². The van der Waals surface area contributed by atoms with E-state index in [9.17, 15) is 28.6 Å². The molecule has 0 saturated carbocycles. The first-order valence-corrected chi connectivity index (χ1v) is 14.4. The summed E-state index contributed by atoms with van der Waals surface area (Å²) in [6.45, 7) is 7.22. The highest BCUT2D eigenvalue weighted by Gasteiger charge is 2.66. The van der Waals surface area contributed by atoms with E-state index in [-0.39, 0.29) is 35.1 Å². The number of nitrogens with zero attached hydrogens (tertiary/aromatic N) is 1. The fraction of sp³-hybridized carbons (Fsp3) is 0.517. The third kappa shape index (κ3) is 5.46. The molecule has 5 N–H and O–H groups in total. The van der Waals surface area contributed by atoms with Gasteiger partial charge in [-0.3, -0.25) is 14.5 Å². The first-order valence-electron chi connectivity index (χ1n) is 13.6. The maximum atomic E-state index is 15.0. The third-order valence-corrected chi connectivity index (χ3v) is 8.93. The maximum absolute atomic E-state index is 15.0. The predicted molar refractivity (Wildman–Crippen MR) is 152 cm³/mol. The van der Waals surface area contributed by atoms with Crippen LogP contribution in [0.5, 0.6) is 0 Å². The van der Waals surface area contributed by atoms with E-state index in [0.29, 0.717) is 29.8 Å². The van der Waals surface area contributed by atoms with E-state index >= 15 is 0 Å². The number of nitrogens with one attached hydrogen (secondary N) is 3. The molecule has 8 nitrogen and oxygen atoms in total. The third-order valence-electron chi connectivity index (χ3n) is 8.35. The molecule has 5 rings (SSSR count). The van der Waals surface area contributed by atoms with Gasteiger partial charge in [0.15, 0.2) is 0 Å². The first kappa shape index (κ1) is 30.1. The smallest absolute Gasteiger partial charge is 0.237 e. The zero-order valence-electron chi connectivity index (χ0n) is 23.0. The summed E-state index contributed by atoms with van der Waals surface area (Å²) in [5.41, 5.74) is -0.573. The number of β-amino-alcohol motifs (C(OH)–C–C–N with tert-alkyl or cyclic N) is 2. The molecule has 0 aromatic heterocycles. The summed E-state index contributed by atoms with van der Waals surface area (Å²) in [5.74, 6) is -3.05. The van der Waals surface area contributed by atoms with Crippen molar-refractivity contribution < 1.29 is 28.6 Å². The lowest BCUT2D eigenvalue weighted by molar-refractivity contribution is -0.123. The highest BCUT2D eigenvalue weighted by atomic mass is 35.5. The number of halogens is 4. The molecule has 6 atom stereocenters. The van der Waals surface area contributed by atoms with Crippen molar-refractivity contribution in [3.8, 4) is 0 Å². The molecule has 0 bridgehead atoms. The van der Waals surface area contributed by atoms with Crippen molar-refractivity contribution in [3.63, 3.8) is 0 Å². The number of likely N-dealkylation sites (tertiary alicyclic amines) is 1. The zero-order valence-corrected chi connectivity index (χ0v) is 24.5. The largest absolute Gasteiger partial charge is 0.389 e. The quantitative estimate of drug-likeness (QED) is 0.343. The SMILES string of the molecule is CC(C)(C)C[C@H]1N[C@@H](C(=O)NCCN2C[C@@H](O)[C@@H](O)C2)[C@H](c2ccc(F)c(Cl)c2)[C@@]12C(=O)Nc1cc(Cl)c(F)cc12. The van der Waals surface area contributed by atoms with Gasteiger partial charge in [-0.15, -0.1) is 0 Å². The van der Waals surface area contributed by atoms with Crippen LogP contribution in [0, 0.1) is 17.0 Å². The fourth-order valence-electron chi connectivity index (χ4n) is 6.62. The number of benzene rings is 2. The molecule has 3 aliphatic heterocycles. The van der Waals surface area contributed by atoms with Crippen LogP contribution in [0.4, 0.5) is 14.5 Å². The lowest BCUT2D eigenvalue weighted by Gasteiger charge is -2.37. The Bertz CT molecular complexity index is 1360. The molecule has 2 fully saturated rings. The summed E-state index contributed by atoms with van der Waals surface area (Å²) in [6.07, 6.45) is -1.24. The fourth-order valence-corrected chi connectivity index (χ4v) is 6.97. The summed E-state index contributed by atoms with van der Waals surface area (Å²) < 4.78 is 29.3. The Balaban J connectivity index is 1.58. The van der Waals surface area contributed by atoms with E-state index < -0.39 is 59.1 Å². The van der Waals surface area contributed by atoms with Crippen molar-refractivity contribution >= 4 is 40.7 Å². The minimum absolute atomic E-state index is 0.146. The minimum atomic E-state index is -1.44. The molecule has 41 heavy (non-hydrogen) atoms. The van der Waals surface area contributed by atoms with Crippen molar-refractivity contribution in [2.45, 2.75) is 62.8 Å². The minimum Gasteiger partial charge on any atom is -0.389 e. The van der Waals surface area contributed by atoms with Gasteiger partial charge in [0.05, 0.1) is 28.3 Å². The number of amides is 2. The summed E-state index contributed by atoms with van der Waals surface area (Å²) >= 11 is 12.3. The second-order valence-electron chi connectivity index (χ2n) is 12.4. The van der Waals surface area contributed by atoms with Crippen molar-refractivity contribution in [2.75, 3.05) is 31.5 Å². The molecule has 0 aliphatic carbocycles. The number of carbonyl (C=O) groups excluding carboxylic acids is 2. The number of hydrogen-bond acceptors (Lipinski definition) is 6. The molecule has 2 amide bonds. The van der Waals surface area contributed by atoms with Crippen molar-refractivity contribution in [1.82, 2.24) is 15.5 Å². The van der Waals surface area contributed by atoms with E-state index in [1.54, 1.807) is 0 Å². The standard InChI is InChI=1S/C29H34Cl2F2N4O4/c1-28(2,3)11-23-29(15-9-19(33)17(31)10-20(15)35-27(29)41)24(14-4-5-18(32)16(30)8-14)25(36-23)26(40)34-6-7-37-12-21(38)22(39)13-37/h4-5,8-10,21-25,36,38-39H,6-7,11-13H2,1-3H3,(H,34,40)(H,35,41)/t21-,22+,23-,24+,25-,29+/m1/s1. The van der Waals surface area contributed by atoms with Gasteiger partial charge in [-0.1, -0.05) is 50.0 Å². The van der Waals surface area contributed by atoms with Gasteiger partial charge < -0.3 is 26.2 Å². The van der Waals surface area contributed by atoms with Gasteiger partial charge in [0.1, 0.15) is 17.0 Å². The number of anilines is 1. The lowest BCUT2D eigenvalue weighted by atomic mass is 9.62. The zero-order chi connectivity index (χ0) is 29.9. The van der Waals surface area contributed by atoms with E-state index in [2.05, 4.69) is 16.0 Å². The average molecular weight is 612 g/mol. The summed E-state index contributed by atoms with van der Waals surface area (Å²) in [4.78, 5) is 29.8. The lowest BCUT2D eigenvalue weighted by Crippen LogP contribution is -2.49. The predicted octanol–water partition coefficient (Wildman–Crippen LogP) is 3.18. The van der Waals surface area contributed by atoms with E-state index in [1.807, 2.05) is 25.7 Å². The number of aliphatic hydroxyl groups excluding tert-OH is 2. The molecule has 2 saturated heterocycles. The van der Waals surface area contributed by atoms with Crippen LogP contribution in [-0.4, -0.2) is 77.4 Å². The molecule has 3 aliphatic rings. The summed E-state index contributed by atoms with van der Waals surface area (Å²) in [7, 11) is 0. The second-order valence-corrected chi connectivity index (χ2v) is 13.2. The Morgan fingerprint density at radius 2 is 1.76 bits per heavy atom. The Kier molecular flexibility index (Phi) is 8.12. The molecular weight excluding hydrogens is 577 g/mol. The number of aliphatic hydroxyl groups is 2. The van der Waals surface area contributed by atoms with Crippen LogP contribution in [-0.2, 0) is 15.0 Å². The van der Waals surface area contributed by atoms with Crippen molar-refractivity contribution in [1.29, 1.82) is 0 Å². The van der Waals surface area contributed by atoms with E-state index in [4.69, 9.17) is 23.2 Å². The Morgan fingerprint density at radius 1 is 1.10 bits per heavy atom. The Hall–Kier alpha value is -2.34. The van der Waals surface area contributed by atoms with Crippen LogP contribution in [0.15, 0.2) is 30.3 Å². The average Bonchev–Trinajstić information content (AvgIpc) is 3.47. The normalized spacial score (nSPS) is 29.7. The molecular formula is C29H34Cl2F2N4O4. The summed E-state index contributed by atoms with van der Waals surface area (Å²) in [5, 5.41) is 28.5. The monoisotopic (exact) mass is 610 g/mol. The van der Waals surface area contributed by atoms with Gasteiger partial charge in [-0.25, -0.2) is 8.78 Å². The van der Waals surface area contributed by atoms with Gasteiger partial charge in [0.2, 0.25) is 11.8 Å². The molecule has 3 heterocycles. The van der Waals surface area contributed by atoms with Crippen molar-refractivity contribution in [3.05, 3.63) is 63.1 Å². The van der Waals surface area contributed by atoms with Crippen LogP contribution in [0.2, 0.25) is 10.0 Å². The molecule has 1 spiro atoms. The molecule has 12 heteroatoms. The maximum Gasteiger partial charge on any atom is 0.237 e. The van der Waals surface area contributed by atoms with Gasteiger partial charge in [0.25, 0.3) is 0 Å². The second kappa shape index (κ2) is 11.1. The van der Waals surface area contributed by atoms with Gasteiger partial charge >= 0.3 is 0 Å². The van der Waals surface area contributed by atoms with Crippen molar-refractivity contribution in [2.24, 2.45) is 5.41 Å². The molecule has 0 radical (unpaired) electrons. The molecule has 222 valence electrons. The molecule has 2 aromatic carbocycles. The highest BCUT2D eigenvalue weighted by Crippen LogP contribution is 2.57. The molecule has 2 aromatic rings. The Morgan fingerprint density at radius 3 is 2.39 bits per heavy atom. The summed E-state index contributed by atoms with van der Waals surface area (Å²) in [6, 6.07) is 5.14. The number of hydrogen-bond donors (Lipinski definition) is 5. The van der Waals surface area contributed by atoms with Gasteiger partial charge in [-0.05, 0) is 47.2 Å². The number of fused-ring (bicyclic) bond motifs is 2. The number of carbonyl (C=O) groups is 2. The van der Waals surface area contributed by atoms with E-state index in [1.165, 1.54) is 30.3 Å². The van der Waals surface area contributed by atoms with E-state index in [0.717, 1.165) is 0 Å². The number of rotatable bonds is 6. The highest BCUT2D eigenvalue weighted by molar-refractivity contribution is 6.31.